The highest BCUT2D eigenvalue weighted by molar-refractivity contribution is 5.68. The van der Waals surface area contributed by atoms with Crippen LogP contribution >= 0.6 is 0 Å². The van der Waals surface area contributed by atoms with E-state index in [9.17, 15) is 4.79 Å². The van der Waals surface area contributed by atoms with Crippen LogP contribution in [0, 0.1) is 0 Å². The molecule has 1 aromatic rings. The first kappa shape index (κ1) is 18.7. The van der Waals surface area contributed by atoms with Crippen molar-refractivity contribution in [2.45, 2.75) is 77.7 Å². The Labute approximate surface area is 134 Å². The molecule has 0 fully saturated rings. The fourth-order valence-corrected chi connectivity index (χ4v) is 2.31. The van der Waals surface area contributed by atoms with Gasteiger partial charge < -0.3 is 0 Å². The number of carbonyl (C=O) groups excluding carboxylic acids is 1. The molecule has 0 heterocycles. The highest BCUT2D eigenvalue weighted by Crippen LogP contribution is 2.24. The second kappa shape index (κ2) is 10.4. The first-order chi connectivity index (χ1) is 10.6. The van der Waals surface area contributed by atoms with Crippen molar-refractivity contribution in [2.75, 3.05) is 0 Å². The fraction of sp³-hybridized carbons (Fsp3) is 0.632. The van der Waals surface area contributed by atoms with Gasteiger partial charge in [0.2, 0.25) is 0 Å². The van der Waals surface area contributed by atoms with E-state index in [1.807, 2.05) is 44.2 Å². The maximum atomic E-state index is 11.7. The lowest BCUT2D eigenvalue weighted by Crippen LogP contribution is -2.23. The zero-order chi connectivity index (χ0) is 16.3. The Kier molecular flexibility index (Phi) is 8.83. The third kappa shape index (κ3) is 7.60. The van der Waals surface area contributed by atoms with Crippen molar-refractivity contribution in [1.82, 2.24) is 0 Å². The lowest BCUT2D eigenvalue weighted by Gasteiger charge is -2.23. The second-order valence-corrected chi connectivity index (χ2v) is 6.29. The van der Waals surface area contributed by atoms with Gasteiger partial charge in [-0.2, -0.15) is 4.89 Å². The van der Waals surface area contributed by atoms with E-state index in [2.05, 4.69) is 6.92 Å². The molecule has 0 aromatic heterocycles. The Morgan fingerprint density at radius 1 is 0.955 bits per heavy atom. The van der Waals surface area contributed by atoms with Crippen LogP contribution in [0.3, 0.4) is 0 Å². The van der Waals surface area contributed by atoms with Gasteiger partial charge in [-0.25, -0.2) is 4.79 Å². The van der Waals surface area contributed by atoms with Crippen LogP contribution in [0.15, 0.2) is 30.3 Å². The van der Waals surface area contributed by atoms with Gasteiger partial charge in [0, 0.05) is 6.42 Å². The Balaban J connectivity index is 2.15. The zero-order valence-corrected chi connectivity index (χ0v) is 14.3. The van der Waals surface area contributed by atoms with E-state index < -0.39 is 5.60 Å². The van der Waals surface area contributed by atoms with E-state index in [1.165, 1.54) is 32.1 Å². The van der Waals surface area contributed by atoms with Gasteiger partial charge in [-0.15, -0.1) is 0 Å². The van der Waals surface area contributed by atoms with Crippen LogP contribution in [0.5, 0.6) is 0 Å². The third-order valence-electron chi connectivity index (χ3n) is 3.80. The summed E-state index contributed by atoms with van der Waals surface area (Å²) in [4.78, 5) is 22.0. The van der Waals surface area contributed by atoms with E-state index in [4.69, 9.17) is 9.78 Å². The molecule has 0 amide bonds. The molecular formula is C19H30O3. The summed E-state index contributed by atoms with van der Waals surface area (Å²) in [7, 11) is 0. The molecule has 0 saturated carbocycles. The molecule has 3 nitrogen and oxygen atoms in total. The van der Waals surface area contributed by atoms with Crippen molar-refractivity contribution in [3.8, 4) is 0 Å². The summed E-state index contributed by atoms with van der Waals surface area (Å²) in [6, 6.07) is 9.77. The summed E-state index contributed by atoms with van der Waals surface area (Å²) in [6.07, 6.45) is 8.73. The molecule has 0 aliphatic rings. The average Bonchev–Trinajstić information content (AvgIpc) is 2.53. The van der Waals surface area contributed by atoms with Crippen LogP contribution in [-0.2, 0) is 20.2 Å². The van der Waals surface area contributed by atoms with Crippen molar-refractivity contribution in [1.29, 1.82) is 0 Å². The summed E-state index contributed by atoms with van der Waals surface area (Å²) in [5, 5.41) is 0. The van der Waals surface area contributed by atoms with E-state index in [1.54, 1.807) is 0 Å². The molecule has 0 bridgehead atoms. The van der Waals surface area contributed by atoms with Gasteiger partial charge in [0.25, 0.3) is 0 Å². The fourth-order valence-electron chi connectivity index (χ4n) is 2.31. The molecule has 0 aliphatic heterocycles. The quantitative estimate of drug-likeness (QED) is 0.306. The lowest BCUT2D eigenvalue weighted by atomic mass is 9.99. The summed E-state index contributed by atoms with van der Waals surface area (Å²) in [5.74, 6) is -0.280. The minimum Gasteiger partial charge on any atom is -0.297 e. The Hall–Kier alpha value is -1.35. The number of unbranched alkanes of at least 4 members (excludes halogenated alkanes) is 6. The number of hydrogen-bond donors (Lipinski definition) is 0. The van der Waals surface area contributed by atoms with Crippen LogP contribution < -0.4 is 0 Å². The predicted octanol–water partition coefficient (Wildman–Crippen LogP) is 5.54. The monoisotopic (exact) mass is 306 g/mol. The zero-order valence-electron chi connectivity index (χ0n) is 14.3. The average molecular weight is 306 g/mol. The van der Waals surface area contributed by atoms with E-state index in [0.717, 1.165) is 18.4 Å². The molecule has 1 rings (SSSR count). The minimum atomic E-state index is -0.628. The highest BCUT2D eigenvalue weighted by Gasteiger charge is 2.24. The normalized spacial score (nSPS) is 11.4. The third-order valence-corrected chi connectivity index (χ3v) is 3.80. The highest BCUT2D eigenvalue weighted by atomic mass is 17.2. The molecule has 3 heteroatoms. The van der Waals surface area contributed by atoms with Crippen molar-refractivity contribution in [2.24, 2.45) is 0 Å². The SMILES string of the molecule is CCCCCCCCCC(=O)OOC(C)(C)c1ccccc1. The largest absolute Gasteiger partial charge is 0.342 e. The summed E-state index contributed by atoms with van der Waals surface area (Å²) < 4.78 is 0. The minimum absolute atomic E-state index is 0.280. The molecular weight excluding hydrogens is 276 g/mol. The molecule has 22 heavy (non-hydrogen) atoms. The van der Waals surface area contributed by atoms with E-state index in [0.29, 0.717) is 6.42 Å². The van der Waals surface area contributed by atoms with Crippen LogP contribution in [-0.4, -0.2) is 5.97 Å². The molecule has 0 saturated heterocycles. The maximum Gasteiger partial charge on any atom is 0.342 e. The number of carbonyl (C=O) groups is 1. The molecule has 0 spiro atoms. The second-order valence-electron chi connectivity index (χ2n) is 6.29. The van der Waals surface area contributed by atoms with Crippen molar-refractivity contribution < 1.29 is 14.6 Å². The first-order valence-electron chi connectivity index (χ1n) is 8.50. The topological polar surface area (TPSA) is 35.5 Å². The molecule has 1 aromatic carbocycles. The van der Waals surface area contributed by atoms with Gasteiger partial charge in [-0.1, -0.05) is 75.8 Å². The number of benzene rings is 1. The predicted molar refractivity (Wildman–Crippen MR) is 89.3 cm³/mol. The lowest BCUT2D eigenvalue weighted by molar-refractivity contribution is -0.329. The van der Waals surface area contributed by atoms with Gasteiger partial charge in [0.15, 0.2) is 0 Å². The van der Waals surface area contributed by atoms with Crippen molar-refractivity contribution in [3.05, 3.63) is 35.9 Å². The van der Waals surface area contributed by atoms with Gasteiger partial charge in [-0.05, 0) is 25.8 Å². The number of rotatable bonds is 11. The van der Waals surface area contributed by atoms with Gasteiger partial charge in [-0.3, -0.25) is 4.89 Å². The Bertz CT molecular complexity index is 412. The Morgan fingerprint density at radius 3 is 2.18 bits per heavy atom. The summed E-state index contributed by atoms with van der Waals surface area (Å²) >= 11 is 0. The number of hydrogen-bond acceptors (Lipinski definition) is 3. The van der Waals surface area contributed by atoms with E-state index in [-0.39, 0.29) is 5.97 Å². The molecule has 0 radical (unpaired) electrons. The molecule has 124 valence electrons. The van der Waals surface area contributed by atoms with Gasteiger partial charge >= 0.3 is 5.97 Å². The van der Waals surface area contributed by atoms with Crippen molar-refractivity contribution in [3.63, 3.8) is 0 Å². The Morgan fingerprint density at radius 2 is 1.55 bits per heavy atom. The van der Waals surface area contributed by atoms with Crippen molar-refractivity contribution >= 4 is 5.97 Å². The molecule has 0 aliphatic carbocycles. The molecule has 0 unspecified atom stereocenters. The summed E-state index contributed by atoms with van der Waals surface area (Å²) in [6.45, 7) is 6.00. The first-order valence-corrected chi connectivity index (χ1v) is 8.50. The standard InChI is InChI=1S/C19H30O3/c1-4-5-6-7-8-9-13-16-18(20)21-22-19(2,3)17-14-11-10-12-15-17/h10-12,14-15H,4-9,13,16H2,1-3H3. The van der Waals surface area contributed by atoms with Gasteiger partial charge in [0.1, 0.15) is 5.60 Å². The van der Waals surface area contributed by atoms with E-state index >= 15 is 0 Å². The van der Waals surface area contributed by atoms with Crippen LogP contribution in [0.25, 0.3) is 0 Å². The summed E-state index contributed by atoms with van der Waals surface area (Å²) in [5.41, 5.74) is 0.357. The maximum absolute atomic E-state index is 11.7. The van der Waals surface area contributed by atoms with Crippen LogP contribution in [0.1, 0.15) is 77.7 Å². The van der Waals surface area contributed by atoms with Gasteiger partial charge in [0.05, 0.1) is 0 Å². The van der Waals surface area contributed by atoms with Crippen LogP contribution in [0.4, 0.5) is 0 Å². The van der Waals surface area contributed by atoms with Crippen LogP contribution in [0.2, 0.25) is 0 Å². The molecule has 0 atom stereocenters. The molecule has 0 N–H and O–H groups in total. The smallest absolute Gasteiger partial charge is 0.297 e.